The van der Waals surface area contributed by atoms with E-state index in [1.807, 2.05) is 42.5 Å². The Morgan fingerprint density at radius 1 is 1.04 bits per heavy atom. The molecule has 0 saturated carbocycles. The molecule has 1 N–H and O–H groups in total. The summed E-state index contributed by atoms with van der Waals surface area (Å²) < 4.78 is 5.63. The zero-order valence-electron chi connectivity index (χ0n) is 15.9. The molecule has 0 fully saturated rings. The van der Waals surface area contributed by atoms with Crippen molar-refractivity contribution >= 4 is 6.03 Å². The van der Waals surface area contributed by atoms with Gasteiger partial charge in [0, 0.05) is 20.1 Å². The molecule has 2 aromatic carbocycles. The number of hydrogen-bond donors (Lipinski definition) is 1. The van der Waals surface area contributed by atoms with Crippen LogP contribution in [0.15, 0.2) is 54.6 Å². The van der Waals surface area contributed by atoms with Crippen LogP contribution in [0.5, 0.6) is 5.75 Å². The Labute approximate surface area is 156 Å². The van der Waals surface area contributed by atoms with Crippen LogP contribution in [-0.4, -0.2) is 49.6 Å². The van der Waals surface area contributed by atoms with Crippen LogP contribution < -0.4 is 10.1 Å². The molecule has 0 aliphatic carbocycles. The molecular formula is C21H29N3O2. The van der Waals surface area contributed by atoms with Crippen molar-refractivity contribution in [3.8, 4) is 5.75 Å². The molecule has 0 radical (unpaired) electrons. The van der Waals surface area contributed by atoms with Crippen molar-refractivity contribution < 1.29 is 9.53 Å². The lowest BCUT2D eigenvalue weighted by Gasteiger charge is -2.19. The molecule has 0 aliphatic rings. The number of ether oxygens (including phenoxy) is 1. The summed E-state index contributed by atoms with van der Waals surface area (Å²) in [6, 6.07) is 17.9. The highest BCUT2D eigenvalue weighted by molar-refractivity contribution is 5.73. The maximum absolute atomic E-state index is 12.2. The fourth-order valence-electron chi connectivity index (χ4n) is 2.49. The summed E-state index contributed by atoms with van der Waals surface area (Å²) in [5, 5.41) is 2.96. The van der Waals surface area contributed by atoms with Crippen LogP contribution in [0.3, 0.4) is 0 Å². The number of benzene rings is 2. The summed E-state index contributed by atoms with van der Waals surface area (Å²) in [4.78, 5) is 16.1. The van der Waals surface area contributed by atoms with E-state index in [9.17, 15) is 4.79 Å². The Kier molecular flexibility index (Phi) is 7.96. The van der Waals surface area contributed by atoms with E-state index in [0.717, 1.165) is 24.4 Å². The minimum absolute atomic E-state index is 0.0993. The van der Waals surface area contributed by atoms with Gasteiger partial charge in [0.15, 0.2) is 0 Å². The molecule has 0 atom stereocenters. The van der Waals surface area contributed by atoms with Crippen molar-refractivity contribution in [2.45, 2.75) is 20.0 Å². The summed E-state index contributed by atoms with van der Waals surface area (Å²) in [7, 11) is 3.87. The zero-order chi connectivity index (χ0) is 18.8. The normalized spacial score (nSPS) is 10.6. The first kappa shape index (κ1) is 19.8. The van der Waals surface area contributed by atoms with Crippen LogP contribution >= 0.6 is 0 Å². The molecule has 2 amide bonds. The number of para-hydroxylation sites is 1. The van der Waals surface area contributed by atoms with E-state index >= 15 is 0 Å². The van der Waals surface area contributed by atoms with E-state index in [2.05, 4.69) is 36.3 Å². The highest BCUT2D eigenvalue weighted by Gasteiger charge is 2.08. The molecule has 0 spiro atoms. The van der Waals surface area contributed by atoms with Gasteiger partial charge in [0.25, 0.3) is 0 Å². The number of likely N-dealkylation sites (N-methyl/N-ethyl adjacent to an activating group) is 1. The fraction of sp³-hybridized carbons (Fsp3) is 0.381. The first-order chi connectivity index (χ1) is 12.6. The third kappa shape index (κ3) is 6.76. The van der Waals surface area contributed by atoms with Crippen LogP contribution in [0.2, 0.25) is 0 Å². The predicted octanol–water partition coefficient (Wildman–Crippen LogP) is 3.36. The summed E-state index contributed by atoms with van der Waals surface area (Å²) in [6.45, 7) is 5.58. The van der Waals surface area contributed by atoms with Gasteiger partial charge in [0.2, 0.25) is 0 Å². The number of carbonyl (C=O) groups is 1. The second kappa shape index (κ2) is 10.5. The number of carbonyl (C=O) groups excluding carboxylic acids is 1. The van der Waals surface area contributed by atoms with Crippen molar-refractivity contribution in [1.82, 2.24) is 15.1 Å². The van der Waals surface area contributed by atoms with Gasteiger partial charge < -0.3 is 19.9 Å². The monoisotopic (exact) mass is 355 g/mol. The van der Waals surface area contributed by atoms with Crippen molar-refractivity contribution in [2.24, 2.45) is 0 Å². The molecule has 2 rings (SSSR count). The third-order valence-electron chi connectivity index (χ3n) is 4.21. The SMILES string of the molecule is CCN(C)Cc1cccc(CNC(=O)N(C)CCOc2ccccc2)c1. The molecule has 0 saturated heterocycles. The van der Waals surface area contributed by atoms with E-state index in [1.165, 1.54) is 5.56 Å². The van der Waals surface area contributed by atoms with Gasteiger partial charge in [-0.25, -0.2) is 4.79 Å². The third-order valence-corrected chi connectivity index (χ3v) is 4.21. The minimum atomic E-state index is -0.0993. The van der Waals surface area contributed by atoms with Crippen molar-refractivity contribution in [2.75, 3.05) is 33.8 Å². The highest BCUT2D eigenvalue weighted by Crippen LogP contribution is 2.09. The fourth-order valence-corrected chi connectivity index (χ4v) is 2.49. The van der Waals surface area contributed by atoms with Crippen molar-refractivity contribution in [3.05, 3.63) is 65.7 Å². The highest BCUT2D eigenvalue weighted by atomic mass is 16.5. The van der Waals surface area contributed by atoms with E-state index < -0.39 is 0 Å². The lowest BCUT2D eigenvalue weighted by Crippen LogP contribution is -2.39. The smallest absolute Gasteiger partial charge is 0.317 e. The topological polar surface area (TPSA) is 44.8 Å². The molecule has 140 valence electrons. The lowest BCUT2D eigenvalue weighted by molar-refractivity contribution is 0.195. The summed E-state index contributed by atoms with van der Waals surface area (Å²) in [6.07, 6.45) is 0. The lowest BCUT2D eigenvalue weighted by atomic mass is 10.1. The average molecular weight is 355 g/mol. The molecule has 2 aromatic rings. The van der Waals surface area contributed by atoms with Crippen LogP contribution in [-0.2, 0) is 13.1 Å². The Hall–Kier alpha value is -2.53. The zero-order valence-corrected chi connectivity index (χ0v) is 15.9. The quantitative estimate of drug-likeness (QED) is 0.750. The standard InChI is InChI=1S/C21H29N3O2/c1-4-23(2)17-19-10-8-9-18(15-19)16-22-21(25)24(3)13-14-26-20-11-6-5-7-12-20/h5-12,15H,4,13-14,16-17H2,1-3H3,(H,22,25). The number of rotatable bonds is 9. The van der Waals surface area contributed by atoms with E-state index in [0.29, 0.717) is 19.7 Å². The minimum Gasteiger partial charge on any atom is -0.492 e. The number of urea groups is 1. The summed E-state index contributed by atoms with van der Waals surface area (Å²) in [5.74, 6) is 0.815. The van der Waals surface area contributed by atoms with E-state index in [-0.39, 0.29) is 6.03 Å². The number of nitrogens with zero attached hydrogens (tertiary/aromatic N) is 2. The van der Waals surface area contributed by atoms with Crippen molar-refractivity contribution in [3.63, 3.8) is 0 Å². The summed E-state index contributed by atoms with van der Waals surface area (Å²) in [5.41, 5.74) is 2.36. The van der Waals surface area contributed by atoms with Gasteiger partial charge in [-0.05, 0) is 36.9 Å². The van der Waals surface area contributed by atoms with Crippen LogP contribution in [0.25, 0.3) is 0 Å². The molecule has 5 heteroatoms. The Bertz CT molecular complexity index is 676. The first-order valence-corrected chi connectivity index (χ1v) is 9.01. The molecule has 5 nitrogen and oxygen atoms in total. The van der Waals surface area contributed by atoms with Gasteiger partial charge in [0.1, 0.15) is 12.4 Å². The Balaban J connectivity index is 1.74. The van der Waals surface area contributed by atoms with Gasteiger partial charge in [-0.2, -0.15) is 0 Å². The molecule has 0 aliphatic heterocycles. The van der Waals surface area contributed by atoms with Crippen LogP contribution in [0.4, 0.5) is 4.79 Å². The predicted molar refractivity (Wildman–Crippen MR) is 105 cm³/mol. The first-order valence-electron chi connectivity index (χ1n) is 9.01. The Morgan fingerprint density at radius 2 is 1.77 bits per heavy atom. The van der Waals surface area contributed by atoms with Gasteiger partial charge in [-0.1, -0.05) is 49.4 Å². The average Bonchev–Trinajstić information content (AvgIpc) is 2.67. The Morgan fingerprint density at radius 3 is 2.50 bits per heavy atom. The second-order valence-corrected chi connectivity index (χ2v) is 6.39. The molecule has 26 heavy (non-hydrogen) atoms. The molecule has 0 bridgehead atoms. The van der Waals surface area contributed by atoms with Gasteiger partial charge in [0.05, 0.1) is 6.54 Å². The maximum Gasteiger partial charge on any atom is 0.317 e. The van der Waals surface area contributed by atoms with Crippen LogP contribution in [0, 0.1) is 0 Å². The van der Waals surface area contributed by atoms with Gasteiger partial charge in [-0.3, -0.25) is 0 Å². The molecule has 0 heterocycles. The number of hydrogen-bond acceptors (Lipinski definition) is 3. The van der Waals surface area contributed by atoms with Crippen LogP contribution in [0.1, 0.15) is 18.1 Å². The summed E-state index contributed by atoms with van der Waals surface area (Å²) >= 11 is 0. The molecular weight excluding hydrogens is 326 g/mol. The molecule has 0 unspecified atom stereocenters. The van der Waals surface area contributed by atoms with E-state index in [1.54, 1.807) is 11.9 Å². The van der Waals surface area contributed by atoms with E-state index in [4.69, 9.17) is 4.74 Å². The number of nitrogens with one attached hydrogen (secondary N) is 1. The molecule has 0 aromatic heterocycles. The largest absolute Gasteiger partial charge is 0.492 e. The number of amides is 2. The second-order valence-electron chi connectivity index (χ2n) is 6.39. The van der Waals surface area contributed by atoms with Crippen molar-refractivity contribution in [1.29, 1.82) is 0 Å². The maximum atomic E-state index is 12.2. The van der Waals surface area contributed by atoms with Gasteiger partial charge in [-0.15, -0.1) is 0 Å². The van der Waals surface area contributed by atoms with Gasteiger partial charge >= 0.3 is 6.03 Å².